The van der Waals surface area contributed by atoms with Crippen LogP contribution in [0.15, 0.2) is 60.7 Å². The van der Waals surface area contributed by atoms with Crippen molar-refractivity contribution in [2.24, 2.45) is 0 Å². The normalized spacial score (nSPS) is 19.2. The number of aliphatic hydroxyl groups excluding tert-OH is 1. The Labute approximate surface area is 229 Å². The molecule has 2 saturated heterocycles. The van der Waals surface area contributed by atoms with E-state index in [9.17, 15) is 19.5 Å². The Morgan fingerprint density at radius 3 is 2.33 bits per heavy atom. The zero-order valence-electron chi connectivity index (χ0n) is 22.2. The predicted octanol–water partition coefficient (Wildman–Crippen LogP) is 1.32. The molecule has 39 heavy (non-hydrogen) atoms. The van der Waals surface area contributed by atoms with Crippen molar-refractivity contribution in [3.05, 3.63) is 71.8 Å². The van der Waals surface area contributed by atoms with Crippen LogP contribution in [-0.2, 0) is 32.1 Å². The molecule has 3 atom stereocenters. The highest BCUT2D eigenvalue weighted by Crippen LogP contribution is 2.20. The van der Waals surface area contributed by atoms with Crippen molar-refractivity contribution in [2.75, 3.05) is 45.9 Å². The highest BCUT2D eigenvalue weighted by Gasteiger charge is 2.39. The number of amides is 3. The molecule has 2 fully saturated rings. The molecule has 2 aromatic carbocycles. The second kappa shape index (κ2) is 14.6. The summed E-state index contributed by atoms with van der Waals surface area (Å²) >= 11 is 0. The highest BCUT2D eigenvalue weighted by molar-refractivity contribution is 5.90. The van der Waals surface area contributed by atoms with Crippen molar-refractivity contribution >= 4 is 17.9 Å². The van der Waals surface area contributed by atoms with Crippen LogP contribution >= 0.6 is 0 Å². The number of aliphatic hydroxyl groups is 1. The van der Waals surface area contributed by atoms with E-state index in [1.807, 2.05) is 60.7 Å². The molecule has 3 N–H and O–H groups in total. The van der Waals surface area contributed by atoms with Crippen LogP contribution in [0.3, 0.4) is 0 Å². The van der Waals surface area contributed by atoms with Gasteiger partial charge in [0, 0.05) is 32.7 Å². The lowest BCUT2D eigenvalue weighted by molar-refractivity contribution is -0.146. The van der Waals surface area contributed by atoms with E-state index in [4.69, 9.17) is 9.47 Å². The molecule has 10 heteroatoms. The molecule has 10 nitrogen and oxygen atoms in total. The van der Waals surface area contributed by atoms with Crippen LogP contribution < -0.4 is 10.6 Å². The van der Waals surface area contributed by atoms with Crippen molar-refractivity contribution in [2.45, 2.75) is 44.1 Å². The summed E-state index contributed by atoms with van der Waals surface area (Å²) in [6, 6.07) is 17.0. The summed E-state index contributed by atoms with van der Waals surface area (Å²) in [4.78, 5) is 42.7. The number of hydrogen-bond donors (Lipinski definition) is 3. The standard InChI is InChI=1S/C29H38N4O6/c34-26(28(36)33-14-7-12-25(33)27(35)30-13-15-32-16-18-38-19-17-32)24(20-22-8-3-1-4-9-22)31-29(37)39-21-23-10-5-2-6-11-23/h1-6,8-11,24-26,34H,7,12-21H2,(H,30,35)(H,31,37)/t24-,25-,26?/m0/s1. The lowest BCUT2D eigenvalue weighted by atomic mass is 10.00. The maximum Gasteiger partial charge on any atom is 0.407 e. The third-order valence-corrected chi connectivity index (χ3v) is 7.12. The van der Waals surface area contributed by atoms with E-state index in [0.29, 0.717) is 45.7 Å². The lowest BCUT2D eigenvalue weighted by Crippen LogP contribution is -2.56. The summed E-state index contributed by atoms with van der Waals surface area (Å²) in [6.45, 7) is 4.67. The summed E-state index contributed by atoms with van der Waals surface area (Å²) in [5, 5.41) is 16.8. The maximum absolute atomic E-state index is 13.5. The van der Waals surface area contributed by atoms with Crippen molar-refractivity contribution < 1.29 is 29.0 Å². The van der Waals surface area contributed by atoms with Gasteiger partial charge in [0.1, 0.15) is 12.6 Å². The van der Waals surface area contributed by atoms with E-state index < -0.39 is 30.2 Å². The van der Waals surface area contributed by atoms with Gasteiger partial charge in [-0.2, -0.15) is 0 Å². The van der Waals surface area contributed by atoms with Gasteiger partial charge in [-0.1, -0.05) is 60.7 Å². The van der Waals surface area contributed by atoms with Gasteiger partial charge in [-0.05, 0) is 30.4 Å². The number of likely N-dealkylation sites (tertiary alicyclic amines) is 1. The number of benzene rings is 2. The Balaban J connectivity index is 1.36. The average Bonchev–Trinajstić information content (AvgIpc) is 3.47. The summed E-state index contributed by atoms with van der Waals surface area (Å²) in [7, 11) is 0. The molecule has 2 aliphatic rings. The average molecular weight is 539 g/mol. The van der Waals surface area contributed by atoms with Crippen molar-refractivity contribution in [1.29, 1.82) is 0 Å². The minimum absolute atomic E-state index is 0.0631. The number of rotatable bonds is 11. The van der Waals surface area contributed by atoms with Crippen molar-refractivity contribution in [1.82, 2.24) is 20.4 Å². The molecule has 0 saturated carbocycles. The Kier molecular flexibility index (Phi) is 10.7. The number of carbonyl (C=O) groups excluding carboxylic acids is 3. The van der Waals surface area contributed by atoms with Gasteiger partial charge in [-0.3, -0.25) is 14.5 Å². The molecular formula is C29H38N4O6. The lowest BCUT2D eigenvalue weighted by Gasteiger charge is -2.30. The minimum Gasteiger partial charge on any atom is -0.445 e. The number of nitrogens with one attached hydrogen (secondary N) is 2. The summed E-state index contributed by atoms with van der Waals surface area (Å²) in [5.74, 6) is -0.804. The van der Waals surface area contributed by atoms with Crippen LogP contribution in [0.4, 0.5) is 4.79 Å². The van der Waals surface area contributed by atoms with Gasteiger partial charge < -0.3 is 30.1 Å². The summed E-state index contributed by atoms with van der Waals surface area (Å²) < 4.78 is 10.7. The third-order valence-electron chi connectivity index (χ3n) is 7.12. The Morgan fingerprint density at radius 2 is 1.64 bits per heavy atom. The quantitative estimate of drug-likeness (QED) is 0.395. The number of ether oxygens (including phenoxy) is 2. The smallest absolute Gasteiger partial charge is 0.407 e. The molecule has 2 aromatic rings. The largest absolute Gasteiger partial charge is 0.445 e. The van der Waals surface area contributed by atoms with Crippen LogP contribution in [0, 0.1) is 0 Å². The fraction of sp³-hybridized carbons (Fsp3) is 0.483. The van der Waals surface area contributed by atoms with Gasteiger partial charge in [-0.15, -0.1) is 0 Å². The molecule has 0 aromatic heterocycles. The van der Waals surface area contributed by atoms with E-state index in [1.54, 1.807) is 0 Å². The van der Waals surface area contributed by atoms with E-state index in [0.717, 1.165) is 24.2 Å². The minimum atomic E-state index is -1.55. The second-order valence-electron chi connectivity index (χ2n) is 9.88. The first-order chi connectivity index (χ1) is 19.0. The molecule has 0 radical (unpaired) electrons. The maximum atomic E-state index is 13.5. The monoisotopic (exact) mass is 538 g/mol. The van der Waals surface area contributed by atoms with Gasteiger partial charge in [0.2, 0.25) is 5.91 Å². The predicted molar refractivity (Wildman–Crippen MR) is 145 cm³/mol. The van der Waals surface area contributed by atoms with Gasteiger partial charge in [0.15, 0.2) is 6.10 Å². The van der Waals surface area contributed by atoms with E-state index in [-0.39, 0.29) is 18.9 Å². The van der Waals surface area contributed by atoms with Crippen LogP contribution in [-0.4, -0.2) is 96.9 Å². The molecular weight excluding hydrogens is 500 g/mol. The van der Waals surface area contributed by atoms with E-state index in [2.05, 4.69) is 15.5 Å². The van der Waals surface area contributed by atoms with Gasteiger partial charge in [-0.25, -0.2) is 4.79 Å². The molecule has 210 valence electrons. The zero-order valence-corrected chi connectivity index (χ0v) is 22.2. The first-order valence-corrected chi connectivity index (χ1v) is 13.6. The first kappa shape index (κ1) is 28.5. The van der Waals surface area contributed by atoms with Crippen molar-refractivity contribution in [3.63, 3.8) is 0 Å². The summed E-state index contributed by atoms with van der Waals surface area (Å²) in [6.07, 6.45) is -0.867. The van der Waals surface area contributed by atoms with Crippen LogP contribution in [0.1, 0.15) is 24.0 Å². The molecule has 3 amide bonds. The van der Waals surface area contributed by atoms with E-state index >= 15 is 0 Å². The van der Waals surface area contributed by atoms with Crippen molar-refractivity contribution in [3.8, 4) is 0 Å². The number of hydrogen-bond acceptors (Lipinski definition) is 7. The highest BCUT2D eigenvalue weighted by atomic mass is 16.5. The molecule has 4 rings (SSSR count). The molecule has 0 spiro atoms. The molecule has 0 aliphatic carbocycles. The third kappa shape index (κ3) is 8.51. The van der Waals surface area contributed by atoms with Gasteiger partial charge in [0.05, 0.1) is 19.3 Å². The van der Waals surface area contributed by atoms with Gasteiger partial charge in [0.25, 0.3) is 5.91 Å². The summed E-state index contributed by atoms with van der Waals surface area (Å²) in [5.41, 5.74) is 1.67. The fourth-order valence-electron chi connectivity index (χ4n) is 4.95. The zero-order chi connectivity index (χ0) is 27.5. The first-order valence-electron chi connectivity index (χ1n) is 13.6. The molecule has 2 heterocycles. The topological polar surface area (TPSA) is 120 Å². The Morgan fingerprint density at radius 1 is 0.974 bits per heavy atom. The Hall–Kier alpha value is -3.47. The molecule has 2 aliphatic heterocycles. The SMILES string of the molecule is O=C(N[C@@H](Cc1ccccc1)C(O)C(=O)N1CCC[C@H]1C(=O)NCCN1CCOCC1)OCc1ccccc1. The van der Waals surface area contributed by atoms with Crippen LogP contribution in [0.2, 0.25) is 0 Å². The number of morpholine rings is 1. The molecule has 1 unspecified atom stereocenters. The van der Waals surface area contributed by atoms with Gasteiger partial charge >= 0.3 is 6.09 Å². The van der Waals surface area contributed by atoms with E-state index in [1.165, 1.54) is 4.90 Å². The van der Waals surface area contributed by atoms with Crippen LogP contribution in [0.25, 0.3) is 0 Å². The van der Waals surface area contributed by atoms with Crippen LogP contribution in [0.5, 0.6) is 0 Å². The number of alkyl carbamates (subject to hydrolysis) is 1. The number of nitrogens with zero attached hydrogens (tertiary/aromatic N) is 2. The Bertz CT molecular complexity index is 1060. The second-order valence-corrected chi connectivity index (χ2v) is 9.88. The fourth-order valence-corrected chi connectivity index (χ4v) is 4.95. The molecule has 0 bridgehead atoms. The number of carbonyl (C=O) groups is 3.